The molecular formula is C24H23NO5. The first-order valence-electron chi connectivity index (χ1n) is 9.54. The van der Waals surface area contributed by atoms with Crippen molar-refractivity contribution in [2.24, 2.45) is 0 Å². The predicted molar refractivity (Wildman–Crippen MR) is 112 cm³/mol. The van der Waals surface area contributed by atoms with E-state index in [2.05, 4.69) is 4.98 Å². The van der Waals surface area contributed by atoms with Crippen molar-refractivity contribution >= 4 is 17.5 Å². The predicted octanol–water partition coefficient (Wildman–Crippen LogP) is 4.45. The lowest BCUT2D eigenvalue weighted by molar-refractivity contribution is 0.0471. The summed E-state index contributed by atoms with van der Waals surface area (Å²) in [7, 11) is 0. The summed E-state index contributed by atoms with van der Waals surface area (Å²) in [6.07, 6.45) is 0. The van der Waals surface area contributed by atoms with E-state index in [1.165, 1.54) is 6.92 Å². The molecule has 154 valence electrons. The summed E-state index contributed by atoms with van der Waals surface area (Å²) in [5.74, 6) is -0.433. The molecule has 3 aromatic rings. The monoisotopic (exact) mass is 405 g/mol. The third-order valence-electron chi connectivity index (χ3n) is 4.78. The highest BCUT2D eigenvalue weighted by atomic mass is 16.5. The number of aromatic nitrogens is 1. The number of H-pyrrole nitrogens is 1. The fourth-order valence-electron chi connectivity index (χ4n) is 3.36. The average molecular weight is 405 g/mol. The highest BCUT2D eigenvalue weighted by molar-refractivity contribution is 6.04. The van der Waals surface area contributed by atoms with E-state index in [4.69, 9.17) is 9.47 Å². The van der Waals surface area contributed by atoms with Crippen molar-refractivity contribution < 1.29 is 23.9 Å². The van der Waals surface area contributed by atoms with Gasteiger partial charge in [0.05, 0.1) is 11.3 Å². The van der Waals surface area contributed by atoms with E-state index in [1.54, 1.807) is 38.1 Å². The molecule has 1 heterocycles. The Morgan fingerprint density at radius 2 is 1.60 bits per heavy atom. The topological polar surface area (TPSA) is 85.5 Å². The number of hydrogen-bond acceptors (Lipinski definition) is 5. The Balaban J connectivity index is 1.67. The summed E-state index contributed by atoms with van der Waals surface area (Å²) in [4.78, 5) is 39.8. The molecule has 6 heteroatoms. The lowest BCUT2D eigenvalue weighted by atomic mass is 10.1. The van der Waals surface area contributed by atoms with Gasteiger partial charge in [0.15, 0.2) is 12.4 Å². The Morgan fingerprint density at radius 1 is 0.933 bits per heavy atom. The molecule has 0 amide bonds. The van der Waals surface area contributed by atoms with Crippen molar-refractivity contribution in [1.82, 2.24) is 4.98 Å². The molecule has 0 spiro atoms. The van der Waals surface area contributed by atoms with Gasteiger partial charge in [0.2, 0.25) is 5.78 Å². The average Bonchev–Trinajstić information content (AvgIpc) is 3.05. The number of carbonyl (C=O) groups is 3. The third kappa shape index (κ3) is 4.66. The molecule has 0 saturated carbocycles. The van der Waals surface area contributed by atoms with Crippen LogP contribution in [0.3, 0.4) is 0 Å². The highest BCUT2D eigenvalue weighted by Crippen LogP contribution is 2.20. The second kappa shape index (κ2) is 9.22. The largest absolute Gasteiger partial charge is 0.489 e. The van der Waals surface area contributed by atoms with Crippen LogP contribution < -0.4 is 4.74 Å². The van der Waals surface area contributed by atoms with Gasteiger partial charge in [-0.2, -0.15) is 0 Å². The summed E-state index contributed by atoms with van der Waals surface area (Å²) >= 11 is 0. The fraction of sp³-hybridized carbons (Fsp3) is 0.208. The number of benzene rings is 2. The zero-order chi connectivity index (χ0) is 21.7. The molecule has 0 aliphatic heterocycles. The fourth-order valence-corrected chi connectivity index (χ4v) is 3.36. The van der Waals surface area contributed by atoms with Crippen LogP contribution in [-0.2, 0) is 11.3 Å². The van der Waals surface area contributed by atoms with Crippen molar-refractivity contribution in [3.05, 3.63) is 88.2 Å². The van der Waals surface area contributed by atoms with Crippen LogP contribution in [0.4, 0.5) is 0 Å². The number of para-hydroxylation sites is 1. The van der Waals surface area contributed by atoms with E-state index in [9.17, 15) is 14.4 Å². The van der Waals surface area contributed by atoms with Gasteiger partial charge in [0.1, 0.15) is 12.4 Å². The minimum absolute atomic E-state index is 0.121. The molecule has 0 bridgehead atoms. The molecule has 0 fully saturated rings. The number of aryl methyl sites for hydroxylation is 1. The van der Waals surface area contributed by atoms with Gasteiger partial charge in [-0.15, -0.1) is 0 Å². The number of ether oxygens (including phenoxy) is 2. The van der Waals surface area contributed by atoms with E-state index >= 15 is 0 Å². The normalized spacial score (nSPS) is 10.5. The van der Waals surface area contributed by atoms with Gasteiger partial charge in [-0.05, 0) is 44.5 Å². The first kappa shape index (κ1) is 21.0. The first-order valence-corrected chi connectivity index (χ1v) is 9.54. The van der Waals surface area contributed by atoms with Gasteiger partial charge >= 0.3 is 5.97 Å². The highest BCUT2D eigenvalue weighted by Gasteiger charge is 2.21. The Hall–Kier alpha value is -3.67. The summed E-state index contributed by atoms with van der Waals surface area (Å²) in [5, 5.41) is 0. The van der Waals surface area contributed by atoms with Crippen LogP contribution in [0, 0.1) is 13.8 Å². The Kier molecular flexibility index (Phi) is 6.47. The van der Waals surface area contributed by atoms with E-state index in [0.717, 1.165) is 0 Å². The van der Waals surface area contributed by atoms with Crippen LogP contribution in [0.25, 0.3) is 0 Å². The molecular weight excluding hydrogens is 382 g/mol. The van der Waals surface area contributed by atoms with Crippen molar-refractivity contribution in [3.8, 4) is 5.75 Å². The SMILES string of the molecule is CC(=O)c1c(C)[nH]c(C(=O)COC(=O)c2ccccc2COc2ccccc2)c1C. The van der Waals surface area contributed by atoms with Crippen LogP contribution >= 0.6 is 0 Å². The maximum atomic E-state index is 12.6. The van der Waals surface area contributed by atoms with Crippen molar-refractivity contribution in [2.75, 3.05) is 6.61 Å². The van der Waals surface area contributed by atoms with Crippen molar-refractivity contribution in [3.63, 3.8) is 0 Å². The Labute approximate surface area is 174 Å². The summed E-state index contributed by atoms with van der Waals surface area (Å²) < 4.78 is 11.0. The number of aromatic amines is 1. The second-order valence-electron chi connectivity index (χ2n) is 6.94. The molecule has 2 aromatic carbocycles. The minimum atomic E-state index is -0.608. The quantitative estimate of drug-likeness (QED) is 0.442. The lowest BCUT2D eigenvalue weighted by Gasteiger charge is -2.11. The molecule has 0 aliphatic carbocycles. The van der Waals surface area contributed by atoms with Crippen LogP contribution in [0.1, 0.15) is 54.9 Å². The number of Topliss-reactive ketones (excluding diaryl/α,β-unsaturated/α-hetero) is 2. The molecule has 6 nitrogen and oxygen atoms in total. The van der Waals surface area contributed by atoms with Crippen molar-refractivity contribution in [2.45, 2.75) is 27.4 Å². The maximum absolute atomic E-state index is 12.6. The molecule has 30 heavy (non-hydrogen) atoms. The summed E-state index contributed by atoms with van der Waals surface area (Å²) in [5.41, 5.74) is 2.96. The zero-order valence-electron chi connectivity index (χ0n) is 17.2. The number of hydrogen-bond donors (Lipinski definition) is 1. The van der Waals surface area contributed by atoms with E-state index in [1.807, 2.05) is 30.3 Å². The van der Waals surface area contributed by atoms with E-state index in [-0.39, 0.29) is 18.1 Å². The standard InChI is InChI=1S/C24H23NO5/c1-15-22(17(3)26)16(2)25-23(15)21(27)14-30-24(28)20-12-8-7-9-18(20)13-29-19-10-5-4-6-11-19/h4-12,25H,13-14H2,1-3H3. The molecule has 0 radical (unpaired) electrons. The zero-order valence-corrected chi connectivity index (χ0v) is 17.2. The number of esters is 1. The van der Waals surface area contributed by atoms with Gasteiger partial charge in [-0.3, -0.25) is 9.59 Å². The molecule has 3 rings (SSSR count). The van der Waals surface area contributed by atoms with Gasteiger partial charge in [0.25, 0.3) is 0 Å². The number of rotatable bonds is 8. The number of carbonyl (C=O) groups excluding carboxylic acids is 3. The Morgan fingerprint density at radius 3 is 2.27 bits per heavy atom. The van der Waals surface area contributed by atoms with Gasteiger partial charge in [-0.25, -0.2) is 4.79 Å². The van der Waals surface area contributed by atoms with Gasteiger partial charge in [0, 0.05) is 16.8 Å². The van der Waals surface area contributed by atoms with Crippen LogP contribution in [0.5, 0.6) is 5.75 Å². The molecule has 0 unspecified atom stereocenters. The summed E-state index contributed by atoms with van der Waals surface area (Å²) in [6.45, 7) is 4.65. The minimum Gasteiger partial charge on any atom is -0.489 e. The van der Waals surface area contributed by atoms with E-state index in [0.29, 0.717) is 33.7 Å². The number of nitrogens with one attached hydrogen (secondary N) is 1. The van der Waals surface area contributed by atoms with E-state index < -0.39 is 18.4 Å². The molecule has 0 aliphatic rings. The van der Waals surface area contributed by atoms with Crippen LogP contribution in [-0.4, -0.2) is 29.1 Å². The molecule has 1 N–H and O–H groups in total. The Bertz CT molecular complexity index is 1080. The van der Waals surface area contributed by atoms with Gasteiger partial charge < -0.3 is 14.5 Å². The maximum Gasteiger partial charge on any atom is 0.338 e. The van der Waals surface area contributed by atoms with Gasteiger partial charge in [-0.1, -0.05) is 36.4 Å². The van der Waals surface area contributed by atoms with Crippen LogP contribution in [0.2, 0.25) is 0 Å². The lowest BCUT2D eigenvalue weighted by Crippen LogP contribution is -2.17. The summed E-state index contributed by atoms with van der Waals surface area (Å²) in [6, 6.07) is 16.2. The smallest absolute Gasteiger partial charge is 0.338 e. The molecule has 0 atom stereocenters. The second-order valence-corrected chi connectivity index (χ2v) is 6.94. The van der Waals surface area contributed by atoms with Crippen molar-refractivity contribution in [1.29, 1.82) is 0 Å². The first-order chi connectivity index (χ1) is 14.4. The van der Waals surface area contributed by atoms with Crippen LogP contribution in [0.15, 0.2) is 54.6 Å². The third-order valence-corrected chi connectivity index (χ3v) is 4.78. The molecule has 1 aromatic heterocycles. The molecule has 0 saturated heterocycles. The number of ketones is 2.